The van der Waals surface area contributed by atoms with Crippen LogP contribution >= 0.6 is 0 Å². The van der Waals surface area contributed by atoms with Crippen LogP contribution in [0.2, 0.25) is 0 Å². The van der Waals surface area contributed by atoms with Gasteiger partial charge in [-0.3, -0.25) is 0 Å². The quantitative estimate of drug-likeness (QED) is 0.854. The molecule has 1 aliphatic rings. The second-order valence-electron chi connectivity index (χ2n) is 4.75. The van der Waals surface area contributed by atoms with Crippen molar-refractivity contribution < 1.29 is 9.90 Å². The van der Waals surface area contributed by atoms with E-state index in [-0.39, 0.29) is 5.56 Å². The summed E-state index contributed by atoms with van der Waals surface area (Å²) in [7, 11) is 0. The van der Waals surface area contributed by atoms with Crippen molar-refractivity contribution in [2.75, 3.05) is 4.90 Å². The molecule has 2 atom stereocenters. The van der Waals surface area contributed by atoms with Crippen LogP contribution in [0.5, 0.6) is 0 Å². The molecule has 0 spiro atoms. The Hall–Kier alpha value is -1.58. The Kier molecular flexibility index (Phi) is 3.31. The predicted molar refractivity (Wildman–Crippen MR) is 66.5 cm³/mol. The van der Waals surface area contributed by atoms with E-state index in [1.54, 1.807) is 6.07 Å². The van der Waals surface area contributed by atoms with Gasteiger partial charge in [-0.1, -0.05) is 0 Å². The number of rotatable bonds is 2. The first kappa shape index (κ1) is 11.9. The van der Waals surface area contributed by atoms with Crippen LogP contribution in [0.3, 0.4) is 0 Å². The lowest BCUT2D eigenvalue weighted by Gasteiger charge is -2.40. The molecule has 92 valence electrons. The minimum Gasteiger partial charge on any atom is -0.478 e. The van der Waals surface area contributed by atoms with Crippen molar-refractivity contribution in [3.05, 3.63) is 23.9 Å². The number of carbonyl (C=O) groups is 1. The molecule has 1 N–H and O–H groups in total. The highest BCUT2D eigenvalue weighted by Gasteiger charge is 2.25. The van der Waals surface area contributed by atoms with Gasteiger partial charge in [-0.2, -0.15) is 0 Å². The lowest BCUT2D eigenvalue weighted by Crippen LogP contribution is -2.44. The van der Waals surface area contributed by atoms with Crippen molar-refractivity contribution >= 4 is 11.8 Å². The number of aromatic nitrogens is 1. The molecule has 0 aromatic carbocycles. The summed E-state index contributed by atoms with van der Waals surface area (Å²) >= 11 is 0. The Labute approximate surface area is 101 Å². The highest BCUT2D eigenvalue weighted by atomic mass is 16.4. The van der Waals surface area contributed by atoms with Crippen LogP contribution in [-0.4, -0.2) is 28.1 Å². The Morgan fingerprint density at radius 2 is 2.00 bits per heavy atom. The number of pyridine rings is 1. The molecular weight excluding hydrogens is 216 g/mol. The molecule has 0 aliphatic carbocycles. The molecule has 0 saturated carbocycles. The molecule has 1 aliphatic heterocycles. The third kappa shape index (κ3) is 2.40. The van der Waals surface area contributed by atoms with Gasteiger partial charge in [0.2, 0.25) is 0 Å². The largest absolute Gasteiger partial charge is 0.478 e. The maximum atomic E-state index is 10.8. The van der Waals surface area contributed by atoms with E-state index in [2.05, 4.69) is 23.7 Å². The van der Waals surface area contributed by atoms with Gasteiger partial charge in [-0.25, -0.2) is 9.78 Å². The summed E-state index contributed by atoms with van der Waals surface area (Å²) in [4.78, 5) is 17.3. The molecule has 1 aromatic rings. The molecule has 1 saturated heterocycles. The Morgan fingerprint density at radius 3 is 2.47 bits per heavy atom. The van der Waals surface area contributed by atoms with Crippen LogP contribution in [0, 0.1) is 0 Å². The van der Waals surface area contributed by atoms with Gasteiger partial charge in [0.25, 0.3) is 0 Å². The fraction of sp³-hybridized carbons (Fsp3) is 0.538. The van der Waals surface area contributed by atoms with Gasteiger partial charge in [0.05, 0.1) is 5.56 Å². The van der Waals surface area contributed by atoms with Crippen LogP contribution in [0.4, 0.5) is 5.82 Å². The molecule has 4 nitrogen and oxygen atoms in total. The van der Waals surface area contributed by atoms with Gasteiger partial charge in [-0.15, -0.1) is 0 Å². The van der Waals surface area contributed by atoms with Gasteiger partial charge < -0.3 is 10.0 Å². The maximum absolute atomic E-state index is 10.8. The molecule has 2 heterocycles. The summed E-state index contributed by atoms with van der Waals surface area (Å²) in [6.07, 6.45) is 5.04. The SMILES string of the molecule is C[C@@H]1CCC[C@@H](C)N1c1ccc(C(=O)O)cn1. The van der Waals surface area contributed by atoms with Crippen LogP contribution in [0.1, 0.15) is 43.5 Å². The lowest BCUT2D eigenvalue weighted by atomic mass is 9.97. The van der Waals surface area contributed by atoms with E-state index in [1.807, 2.05) is 6.07 Å². The average Bonchev–Trinajstić information content (AvgIpc) is 2.29. The first-order valence-corrected chi connectivity index (χ1v) is 6.07. The number of carboxylic acid groups (broad SMARTS) is 1. The number of nitrogens with zero attached hydrogens (tertiary/aromatic N) is 2. The number of carboxylic acids is 1. The van der Waals surface area contributed by atoms with Gasteiger partial charge in [-0.05, 0) is 45.2 Å². The summed E-state index contributed by atoms with van der Waals surface area (Å²) in [6, 6.07) is 4.38. The molecule has 0 amide bonds. The third-order valence-electron chi connectivity index (χ3n) is 3.45. The highest BCUT2D eigenvalue weighted by molar-refractivity contribution is 5.87. The van der Waals surface area contributed by atoms with Crippen molar-refractivity contribution in [2.24, 2.45) is 0 Å². The third-order valence-corrected chi connectivity index (χ3v) is 3.45. The van der Waals surface area contributed by atoms with Crippen LogP contribution < -0.4 is 4.90 Å². The van der Waals surface area contributed by atoms with Gasteiger partial charge in [0.1, 0.15) is 5.82 Å². The monoisotopic (exact) mass is 234 g/mol. The van der Waals surface area contributed by atoms with E-state index in [9.17, 15) is 4.79 Å². The summed E-state index contributed by atoms with van der Waals surface area (Å²) in [5, 5.41) is 8.84. The van der Waals surface area contributed by atoms with E-state index in [4.69, 9.17) is 5.11 Å². The molecule has 2 rings (SSSR count). The zero-order chi connectivity index (χ0) is 12.4. The smallest absolute Gasteiger partial charge is 0.337 e. The number of piperidine rings is 1. The van der Waals surface area contributed by atoms with Crippen molar-refractivity contribution in [1.82, 2.24) is 4.98 Å². The summed E-state index contributed by atoms with van der Waals surface area (Å²) in [5.41, 5.74) is 0.242. The molecule has 0 bridgehead atoms. The Balaban J connectivity index is 2.23. The predicted octanol–water partition coefficient (Wildman–Crippen LogP) is 2.55. The van der Waals surface area contributed by atoms with Crippen molar-refractivity contribution in [3.63, 3.8) is 0 Å². The molecule has 4 heteroatoms. The van der Waals surface area contributed by atoms with Crippen LogP contribution in [0.15, 0.2) is 18.3 Å². The second kappa shape index (κ2) is 4.73. The van der Waals surface area contributed by atoms with Crippen molar-refractivity contribution in [3.8, 4) is 0 Å². The van der Waals surface area contributed by atoms with E-state index >= 15 is 0 Å². The van der Waals surface area contributed by atoms with Crippen molar-refractivity contribution in [1.29, 1.82) is 0 Å². The Bertz CT molecular complexity index is 392. The number of hydrogen-bond donors (Lipinski definition) is 1. The van der Waals surface area contributed by atoms with Gasteiger partial charge in [0, 0.05) is 18.3 Å². The summed E-state index contributed by atoms with van der Waals surface area (Å²) in [5.74, 6) is -0.0431. The molecule has 17 heavy (non-hydrogen) atoms. The molecule has 1 fully saturated rings. The number of hydrogen-bond acceptors (Lipinski definition) is 3. The van der Waals surface area contributed by atoms with Crippen molar-refractivity contribution in [2.45, 2.75) is 45.2 Å². The molecule has 0 radical (unpaired) electrons. The maximum Gasteiger partial charge on any atom is 0.337 e. The molecule has 0 unspecified atom stereocenters. The first-order chi connectivity index (χ1) is 8.09. The second-order valence-corrected chi connectivity index (χ2v) is 4.75. The fourth-order valence-corrected chi connectivity index (χ4v) is 2.54. The summed E-state index contributed by atoms with van der Waals surface area (Å²) in [6.45, 7) is 4.39. The standard InChI is InChI=1S/C13H18N2O2/c1-9-4-3-5-10(2)15(9)12-7-6-11(8-14-12)13(16)17/h6-10H,3-5H2,1-2H3,(H,16,17)/t9-,10-/m1/s1. The highest BCUT2D eigenvalue weighted by Crippen LogP contribution is 2.27. The fourth-order valence-electron chi connectivity index (χ4n) is 2.54. The Morgan fingerprint density at radius 1 is 1.35 bits per heavy atom. The zero-order valence-electron chi connectivity index (χ0n) is 10.3. The summed E-state index contributed by atoms with van der Waals surface area (Å²) < 4.78 is 0. The van der Waals surface area contributed by atoms with Crippen LogP contribution in [-0.2, 0) is 0 Å². The average molecular weight is 234 g/mol. The first-order valence-electron chi connectivity index (χ1n) is 6.07. The van der Waals surface area contributed by atoms with Gasteiger partial charge >= 0.3 is 5.97 Å². The minimum atomic E-state index is -0.927. The van der Waals surface area contributed by atoms with E-state index in [1.165, 1.54) is 25.5 Å². The number of aromatic carboxylic acids is 1. The molecular formula is C13H18N2O2. The number of anilines is 1. The lowest BCUT2D eigenvalue weighted by molar-refractivity contribution is 0.0696. The normalized spacial score (nSPS) is 24.7. The zero-order valence-corrected chi connectivity index (χ0v) is 10.3. The van der Waals surface area contributed by atoms with Crippen LogP contribution in [0.25, 0.3) is 0 Å². The molecule has 1 aromatic heterocycles. The topological polar surface area (TPSA) is 53.4 Å². The minimum absolute atomic E-state index is 0.242. The van der Waals surface area contributed by atoms with E-state index in [0.717, 1.165) is 5.82 Å². The van der Waals surface area contributed by atoms with E-state index in [0.29, 0.717) is 12.1 Å². The van der Waals surface area contributed by atoms with Gasteiger partial charge in [0.15, 0.2) is 0 Å². The van der Waals surface area contributed by atoms with E-state index < -0.39 is 5.97 Å².